The lowest BCUT2D eigenvalue weighted by molar-refractivity contribution is -0.203. The van der Waals surface area contributed by atoms with Crippen LogP contribution in [0.1, 0.15) is 38.8 Å². The van der Waals surface area contributed by atoms with Crippen LogP contribution in [0.25, 0.3) is 0 Å². The highest BCUT2D eigenvalue weighted by molar-refractivity contribution is 6.10. The topological polar surface area (TPSA) is 44.8 Å². The number of rotatable bonds is 4. The first-order valence-corrected chi connectivity index (χ1v) is 9.33. The standard InChI is InChI=1S/C23H24O4/c1-15(2)25-21-16(3)20(24)23(21)26-17(4)22(27-23,18-11-7-5-8-12-18)19-13-9-6-10-14-19/h5-15,17H,1-4H3/t17-,23+/m1/s1. The molecule has 0 unspecified atom stereocenters. The Kier molecular flexibility index (Phi) is 4.21. The molecule has 0 N–H and O–H groups in total. The summed E-state index contributed by atoms with van der Waals surface area (Å²) >= 11 is 0. The second-order valence-electron chi connectivity index (χ2n) is 7.40. The van der Waals surface area contributed by atoms with Crippen molar-refractivity contribution in [3.05, 3.63) is 83.1 Å². The molecule has 2 aromatic carbocycles. The predicted octanol–water partition coefficient (Wildman–Crippen LogP) is 4.34. The van der Waals surface area contributed by atoms with Gasteiger partial charge in [-0.2, -0.15) is 0 Å². The average Bonchev–Trinajstić information content (AvgIpc) is 3.03. The SMILES string of the molecule is CC1=C(OC(C)C)[C@]2(O[C@H](C)C(c3ccccc3)(c3ccccc3)O2)C1=O. The highest BCUT2D eigenvalue weighted by Gasteiger charge is 2.68. The van der Waals surface area contributed by atoms with Crippen LogP contribution in [0.4, 0.5) is 0 Å². The molecule has 1 fully saturated rings. The van der Waals surface area contributed by atoms with E-state index in [1.807, 2.05) is 81.4 Å². The molecule has 4 heteroatoms. The molecular formula is C23H24O4. The number of hydrogen-bond acceptors (Lipinski definition) is 4. The zero-order valence-corrected chi connectivity index (χ0v) is 16.1. The van der Waals surface area contributed by atoms with Crippen molar-refractivity contribution in [3.63, 3.8) is 0 Å². The van der Waals surface area contributed by atoms with Gasteiger partial charge in [0, 0.05) is 5.57 Å². The number of carbonyl (C=O) groups is 1. The summed E-state index contributed by atoms with van der Waals surface area (Å²) in [5.74, 6) is -1.15. The Labute approximate surface area is 159 Å². The lowest BCUT2D eigenvalue weighted by atomic mass is 9.82. The van der Waals surface area contributed by atoms with Crippen LogP contribution in [0, 0.1) is 0 Å². The summed E-state index contributed by atoms with van der Waals surface area (Å²) in [6, 6.07) is 19.8. The van der Waals surface area contributed by atoms with E-state index in [1.165, 1.54) is 0 Å². The summed E-state index contributed by atoms with van der Waals surface area (Å²) in [5, 5.41) is 0. The first-order valence-electron chi connectivity index (χ1n) is 9.33. The number of carbonyl (C=O) groups excluding carboxylic acids is 1. The quantitative estimate of drug-likeness (QED) is 0.809. The lowest BCUT2D eigenvalue weighted by Crippen LogP contribution is -2.54. The molecule has 1 heterocycles. The second-order valence-corrected chi connectivity index (χ2v) is 7.40. The molecule has 2 aliphatic rings. The number of benzene rings is 2. The van der Waals surface area contributed by atoms with Crippen LogP contribution < -0.4 is 0 Å². The van der Waals surface area contributed by atoms with Crippen molar-refractivity contribution in [1.29, 1.82) is 0 Å². The minimum absolute atomic E-state index is 0.0779. The normalized spacial score (nSPS) is 26.6. The van der Waals surface area contributed by atoms with Gasteiger partial charge in [-0.25, -0.2) is 0 Å². The van der Waals surface area contributed by atoms with E-state index in [9.17, 15) is 4.79 Å². The highest BCUT2D eigenvalue weighted by Crippen LogP contribution is 2.55. The molecule has 1 spiro atoms. The first kappa shape index (κ1) is 18.0. The third-order valence-electron chi connectivity index (χ3n) is 5.26. The fourth-order valence-electron chi connectivity index (χ4n) is 4.03. The summed E-state index contributed by atoms with van der Waals surface area (Å²) < 4.78 is 18.8. The maximum Gasteiger partial charge on any atom is 0.295 e. The van der Waals surface area contributed by atoms with Crippen molar-refractivity contribution < 1.29 is 19.0 Å². The molecule has 1 aliphatic carbocycles. The molecule has 2 atom stereocenters. The van der Waals surface area contributed by atoms with Crippen molar-refractivity contribution in [1.82, 2.24) is 0 Å². The van der Waals surface area contributed by atoms with Gasteiger partial charge in [0.25, 0.3) is 5.79 Å². The smallest absolute Gasteiger partial charge is 0.295 e. The molecule has 0 amide bonds. The summed E-state index contributed by atoms with van der Waals surface area (Å²) in [7, 11) is 0. The fourth-order valence-corrected chi connectivity index (χ4v) is 4.03. The number of ketones is 1. The molecule has 140 valence electrons. The van der Waals surface area contributed by atoms with Gasteiger partial charge in [0.05, 0.1) is 12.2 Å². The maximum absolute atomic E-state index is 12.9. The van der Waals surface area contributed by atoms with E-state index in [2.05, 4.69) is 0 Å². The van der Waals surface area contributed by atoms with Crippen molar-refractivity contribution >= 4 is 5.78 Å². The summed E-state index contributed by atoms with van der Waals surface area (Å²) in [6.07, 6.45) is -0.462. The zero-order chi connectivity index (χ0) is 19.2. The van der Waals surface area contributed by atoms with Crippen LogP contribution in [0.3, 0.4) is 0 Å². The Morgan fingerprint density at radius 2 is 1.48 bits per heavy atom. The fraction of sp³-hybridized carbons (Fsp3) is 0.348. The largest absolute Gasteiger partial charge is 0.489 e. The van der Waals surface area contributed by atoms with E-state index in [4.69, 9.17) is 14.2 Å². The Morgan fingerprint density at radius 3 is 1.96 bits per heavy atom. The van der Waals surface area contributed by atoms with Crippen LogP contribution >= 0.6 is 0 Å². The molecule has 0 bridgehead atoms. The third kappa shape index (κ3) is 2.47. The van der Waals surface area contributed by atoms with Gasteiger partial charge in [-0.05, 0) is 38.8 Å². The number of hydrogen-bond donors (Lipinski definition) is 0. The number of Topliss-reactive ketones (excluding diaryl/α,β-unsaturated/α-hetero) is 1. The third-order valence-corrected chi connectivity index (χ3v) is 5.26. The Morgan fingerprint density at radius 1 is 0.963 bits per heavy atom. The molecule has 4 nitrogen and oxygen atoms in total. The predicted molar refractivity (Wildman–Crippen MR) is 102 cm³/mol. The zero-order valence-electron chi connectivity index (χ0n) is 16.1. The van der Waals surface area contributed by atoms with Crippen LogP contribution in [0.5, 0.6) is 0 Å². The maximum atomic E-state index is 12.9. The van der Waals surface area contributed by atoms with Crippen molar-refractivity contribution in [2.24, 2.45) is 0 Å². The van der Waals surface area contributed by atoms with Gasteiger partial charge < -0.3 is 14.2 Å². The van der Waals surface area contributed by atoms with Crippen LogP contribution in [0.15, 0.2) is 72.0 Å². The van der Waals surface area contributed by atoms with Gasteiger partial charge in [-0.15, -0.1) is 0 Å². The van der Waals surface area contributed by atoms with Gasteiger partial charge in [0.1, 0.15) is 5.60 Å². The van der Waals surface area contributed by atoms with E-state index in [-0.39, 0.29) is 18.0 Å². The molecule has 1 aliphatic heterocycles. The van der Waals surface area contributed by atoms with Gasteiger partial charge in [0.2, 0.25) is 5.78 Å². The summed E-state index contributed by atoms with van der Waals surface area (Å²) in [4.78, 5) is 12.9. The van der Waals surface area contributed by atoms with Gasteiger partial charge in [-0.3, -0.25) is 4.79 Å². The molecule has 0 aromatic heterocycles. The molecule has 2 aromatic rings. The van der Waals surface area contributed by atoms with Gasteiger partial charge >= 0.3 is 0 Å². The van der Waals surface area contributed by atoms with Crippen molar-refractivity contribution in [2.45, 2.75) is 51.3 Å². The first-order chi connectivity index (χ1) is 12.9. The Balaban J connectivity index is 1.87. The molecular weight excluding hydrogens is 340 g/mol. The van der Waals surface area contributed by atoms with Crippen molar-refractivity contribution in [2.75, 3.05) is 0 Å². The minimum Gasteiger partial charge on any atom is -0.489 e. The van der Waals surface area contributed by atoms with E-state index >= 15 is 0 Å². The van der Waals surface area contributed by atoms with Gasteiger partial charge in [-0.1, -0.05) is 60.7 Å². The molecule has 0 saturated carbocycles. The van der Waals surface area contributed by atoms with E-state index in [1.54, 1.807) is 6.92 Å². The Bertz CT molecular complexity index is 846. The molecule has 27 heavy (non-hydrogen) atoms. The van der Waals surface area contributed by atoms with Crippen LogP contribution in [0.2, 0.25) is 0 Å². The summed E-state index contributed by atoms with van der Waals surface area (Å²) in [5.41, 5.74) is 1.56. The summed E-state index contributed by atoms with van der Waals surface area (Å²) in [6.45, 7) is 7.56. The van der Waals surface area contributed by atoms with Crippen LogP contribution in [-0.2, 0) is 24.6 Å². The van der Waals surface area contributed by atoms with E-state index < -0.39 is 11.4 Å². The monoisotopic (exact) mass is 364 g/mol. The molecule has 1 saturated heterocycles. The van der Waals surface area contributed by atoms with Crippen molar-refractivity contribution in [3.8, 4) is 0 Å². The Hall–Kier alpha value is -2.43. The lowest BCUT2D eigenvalue weighted by Gasteiger charge is -2.40. The van der Waals surface area contributed by atoms with E-state index in [0.717, 1.165) is 11.1 Å². The molecule has 4 rings (SSSR count). The second kappa shape index (κ2) is 6.32. The number of ether oxygens (including phenoxy) is 3. The molecule has 0 radical (unpaired) electrons. The average molecular weight is 364 g/mol. The highest BCUT2D eigenvalue weighted by atomic mass is 16.8. The van der Waals surface area contributed by atoms with Gasteiger partial charge in [0.15, 0.2) is 5.76 Å². The van der Waals surface area contributed by atoms with E-state index in [0.29, 0.717) is 11.3 Å². The minimum atomic E-state index is -1.47. The van der Waals surface area contributed by atoms with Crippen LogP contribution in [-0.4, -0.2) is 23.8 Å².